The zero-order chi connectivity index (χ0) is 13.5. The number of aryl methyl sites for hydroxylation is 2. The first-order valence-electron chi connectivity index (χ1n) is 6.69. The lowest BCUT2D eigenvalue weighted by molar-refractivity contribution is 0.251. The van der Waals surface area contributed by atoms with Crippen LogP contribution < -0.4 is 5.32 Å². The monoisotopic (exact) mass is 251 g/mol. The summed E-state index contributed by atoms with van der Waals surface area (Å²) in [4.78, 5) is 0. The van der Waals surface area contributed by atoms with Crippen molar-refractivity contribution in [1.82, 2.24) is 5.32 Å². The van der Waals surface area contributed by atoms with Gasteiger partial charge in [-0.1, -0.05) is 25.5 Å². The van der Waals surface area contributed by atoms with Crippen LogP contribution in [-0.4, -0.2) is 23.4 Å². The van der Waals surface area contributed by atoms with Gasteiger partial charge in [-0.25, -0.2) is 0 Å². The SMILES string of the molecule is CCC(CCO)CNCc1cc(C)c(O)c(C)c1. The molecule has 1 atom stereocenters. The predicted molar refractivity (Wildman–Crippen MR) is 74.8 cm³/mol. The second-order valence-electron chi connectivity index (χ2n) is 5.00. The number of rotatable bonds is 7. The molecule has 0 aliphatic carbocycles. The average Bonchev–Trinajstić information content (AvgIpc) is 2.34. The van der Waals surface area contributed by atoms with Crippen LogP contribution in [-0.2, 0) is 6.54 Å². The number of hydrogen-bond acceptors (Lipinski definition) is 3. The molecule has 0 bridgehead atoms. The molecule has 0 aliphatic rings. The number of phenolic OH excluding ortho intramolecular Hbond substituents is 1. The lowest BCUT2D eigenvalue weighted by Crippen LogP contribution is -2.23. The Kier molecular flexibility index (Phi) is 6.16. The van der Waals surface area contributed by atoms with Crippen LogP contribution in [0.3, 0.4) is 0 Å². The third kappa shape index (κ3) is 4.31. The second-order valence-corrected chi connectivity index (χ2v) is 5.00. The molecule has 0 heterocycles. The largest absolute Gasteiger partial charge is 0.507 e. The molecule has 1 rings (SSSR count). The number of nitrogens with one attached hydrogen (secondary N) is 1. The zero-order valence-electron chi connectivity index (χ0n) is 11.7. The molecule has 102 valence electrons. The van der Waals surface area contributed by atoms with Crippen molar-refractivity contribution in [2.75, 3.05) is 13.2 Å². The molecule has 0 saturated carbocycles. The van der Waals surface area contributed by atoms with Gasteiger partial charge < -0.3 is 15.5 Å². The van der Waals surface area contributed by atoms with Gasteiger partial charge in [-0.15, -0.1) is 0 Å². The maximum absolute atomic E-state index is 9.70. The Balaban J connectivity index is 2.48. The highest BCUT2D eigenvalue weighted by molar-refractivity contribution is 5.42. The first kappa shape index (κ1) is 15.0. The summed E-state index contributed by atoms with van der Waals surface area (Å²) in [7, 11) is 0. The quantitative estimate of drug-likeness (QED) is 0.698. The second kappa shape index (κ2) is 7.39. The van der Waals surface area contributed by atoms with Crippen LogP contribution in [0.2, 0.25) is 0 Å². The van der Waals surface area contributed by atoms with Crippen LogP contribution >= 0.6 is 0 Å². The van der Waals surface area contributed by atoms with E-state index in [0.717, 1.165) is 37.1 Å². The number of hydrogen-bond donors (Lipinski definition) is 3. The van der Waals surface area contributed by atoms with Gasteiger partial charge in [0.1, 0.15) is 5.75 Å². The Labute approximate surface area is 110 Å². The van der Waals surface area contributed by atoms with Crippen LogP contribution in [0.25, 0.3) is 0 Å². The molecule has 0 radical (unpaired) electrons. The highest BCUT2D eigenvalue weighted by Crippen LogP contribution is 2.22. The first-order valence-corrected chi connectivity index (χ1v) is 6.69. The Bertz CT molecular complexity index is 354. The van der Waals surface area contributed by atoms with E-state index in [1.807, 2.05) is 26.0 Å². The van der Waals surface area contributed by atoms with Gasteiger partial charge in [-0.2, -0.15) is 0 Å². The fraction of sp³-hybridized carbons (Fsp3) is 0.600. The van der Waals surface area contributed by atoms with Crippen molar-refractivity contribution in [3.8, 4) is 5.75 Å². The van der Waals surface area contributed by atoms with Gasteiger partial charge in [0.05, 0.1) is 0 Å². The molecular formula is C15H25NO2. The van der Waals surface area contributed by atoms with Crippen LogP contribution in [0.5, 0.6) is 5.75 Å². The van der Waals surface area contributed by atoms with Crippen molar-refractivity contribution in [3.63, 3.8) is 0 Å². The molecule has 0 aromatic heterocycles. The normalized spacial score (nSPS) is 12.7. The van der Waals surface area contributed by atoms with Gasteiger partial charge in [-0.3, -0.25) is 0 Å². The number of benzene rings is 1. The minimum Gasteiger partial charge on any atom is -0.507 e. The summed E-state index contributed by atoms with van der Waals surface area (Å²) in [6.45, 7) is 7.99. The molecule has 1 aromatic carbocycles. The van der Waals surface area contributed by atoms with E-state index in [9.17, 15) is 5.11 Å². The summed E-state index contributed by atoms with van der Waals surface area (Å²) >= 11 is 0. The van der Waals surface area contributed by atoms with Gasteiger partial charge in [0, 0.05) is 13.2 Å². The van der Waals surface area contributed by atoms with E-state index >= 15 is 0 Å². The maximum atomic E-state index is 9.70. The molecule has 0 spiro atoms. The standard InChI is InChI=1S/C15H25NO2/c1-4-13(5-6-17)9-16-10-14-7-11(2)15(18)12(3)8-14/h7-8,13,16-18H,4-6,9-10H2,1-3H3. The van der Waals surface area contributed by atoms with E-state index in [2.05, 4.69) is 12.2 Å². The van der Waals surface area contributed by atoms with Crippen molar-refractivity contribution in [2.45, 2.75) is 40.2 Å². The molecule has 0 fully saturated rings. The Morgan fingerprint density at radius 2 is 1.83 bits per heavy atom. The van der Waals surface area contributed by atoms with Gasteiger partial charge in [0.15, 0.2) is 0 Å². The summed E-state index contributed by atoms with van der Waals surface area (Å²) < 4.78 is 0. The Morgan fingerprint density at radius 1 is 1.22 bits per heavy atom. The van der Waals surface area contributed by atoms with E-state index in [0.29, 0.717) is 11.7 Å². The maximum Gasteiger partial charge on any atom is 0.121 e. The highest BCUT2D eigenvalue weighted by atomic mass is 16.3. The zero-order valence-corrected chi connectivity index (χ0v) is 11.7. The van der Waals surface area contributed by atoms with Crippen LogP contribution in [0, 0.1) is 19.8 Å². The Morgan fingerprint density at radius 3 is 2.33 bits per heavy atom. The third-order valence-electron chi connectivity index (χ3n) is 3.43. The molecule has 3 nitrogen and oxygen atoms in total. The predicted octanol–water partition coefficient (Wildman–Crippen LogP) is 2.51. The van der Waals surface area contributed by atoms with Crippen molar-refractivity contribution in [3.05, 3.63) is 28.8 Å². The van der Waals surface area contributed by atoms with E-state index in [1.54, 1.807) is 0 Å². The summed E-state index contributed by atoms with van der Waals surface area (Å²) in [6.07, 6.45) is 1.94. The lowest BCUT2D eigenvalue weighted by atomic mass is 10.0. The highest BCUT2D eigenvalue weighted by Gasteiger charge is 2.06. The topological polar surface area (TPSA) is 52.5 Å². The van der Waals surface area contributed by atoms with E-state index in [-0.39, 0.29) is 6.61 Å². The number of phenols is 1. The number of aromatic hydroxyl groups is 1. The molecule has 18 heavy (non-hydrogen) atoms. The lowest BCUT2D eigenvalue weighted by Gasteiger charge is -2.15. The molecule has 0 aliphatic heterocycles. The van der Waals surface area contributed by atoms with Gasteiger partial charge in [0.25, 0.3) is 0 Å². The molecule has 1 unspecified atom stereocenters. The smallest absolute Gasteiger partial charge is 0.121 e. The van der Waals surface area contributed by atoms with Crippen molar-refractivity contribution in [1.29, 1.82) is 0 Å². The minimum absolute atomic E-state index is 0.262. The molecule has 0 amide bonds. The molecule has 3 heteroatoms. The van der Waals surface area contributed by atoms with Crippen LogP contribution in [0.15, 0.2) is 12.1 Å². The van der Waals surface area contributed by atoms with Gasteiger partial charge in [-0.05, 0) is 49.4 Å². The molecule has 3 N–H and O–H groups in total. The molecular weight excluding hydrogens is 226 g/mol. The van der Waals surface area contributed by atoms with Crippen molar-refractivity contribution in [2.24, 2.45) is 5.92 Å². The average molecular weight is 251 g/mol. The summed E-state index contributed by atoms with van der Waals surface area (Å²) in [6, 6.07) is 4.03. The van der Waals surface area contributed by atoms with Crippen molar-refractivity contribution < 1.29 is 10.2 Å². The summed E-state index contributed by atoms with van der Waals surface area (Å²) in [5.74, 6) is 0.930. The Hall–Kier alpha value is -1.06. The fourth-order valence-corrected chi connectivity index (χ4v) is 2.20. The van der Waals surface area contributed by atoms with E-state index in [1.165, 1.54) is 5.56 Å². The molecule has 0 saturated heterocycles. The minimum atomic E-state index is 0.262. The van der Waals surface area contributed by atoms with Gasteiger partial charge in [0.2, 0.25) is 0 Å². The third-order valence-corrected chi connectivity index (χ3v) is 3.43. The van der Waals surface area contributed by atoms with Crippen molar-refractivity contribution >= 4 is 0 Å². The number of aliphatic hydroxyl groups is 1. The fourth-order valence-electron chi connectivity index (χ4n) is 2.20. The summed E-state index contributed by atoms with van der Waals surface area (Å²) in [5.41, 5.74) is 3.05. The van der Waals surface area contributed by atoms with Crippen LogP contribution in [0.1, 0.15) is 36.5 Å². The summed E-state index contributed by atoms with van der Waals surface area (Å²) in [5, 5.41) is 22.1. The van der Waals surface area contributed by atoms with E-state index in [4.69, 9.17) is 5.11 Å². The van der Waals surface area contributed by atoms with Crippen LogP contribution in [0.4, 0.5) is 0 Å². The van der Waals surface area contributed by atoms with E-state index < -0.39 is 0 Å². The number of aliphatic hydroxyl groups excluding tert-OH is 1. The van der Waals surface area contributed by atoms with Gasteiger partial charge >= 0.3 is 0 Å². The first-order chi connectivity index (χ1) is 8.58. The molecule has 1 aromatic rings.